The molecule has 128 valence electrons. The lowest BCUT2D eigenvalue weighted by atomic mass is 10.2. The van der Waals surface area contributed by atoms with Crippen molar-refractivity contribution in [2.45, 2.75) is 6.54 Å². The fraction of sp³-hybridized carbons (Fsp3) is 0.235. The second kappa shape index (κ2) is 8.54. The molecule has 0 bridgehead atoms. The van der Waals surface area contributed by atoms with Gasteiger partial charge in [-0.05, 0) is 35.9 Å². The summed E-state index contributed by atoms with van der Waals surface area (Å²) in [5.41, 5.74) is 1.15. The second-order valence-corrected chi connectivity index (χ2v) is 5.86. The molecule has 0 aliphatic rings. The molecule has 0 unspecified atom stereocenters. The Hall–Kier alpha value is -2.28. The van der Waals surface area contributed by atoms with Crippen molar-refractivity contribution >= 4 is 27.5 Å². The summed E-state index contributed by atoms with van der Waals surface area (Å²) < 4.78 is 24.7. The third-order valence-electron chi connectivity index (χ3n) is 3.31. The molecule has 0 radical (unpaired) electrons. The van der Waals surface area contributed by atoms with E-state index >= 15 is 0 Å². The van der Waals surface area contributed by atoms with E-state index in [1.54, 1.807) is 38.5 Å². The summed E-state index contributed by atoms with van der Waals surface area (Å²) in [6.45, 7) is 0.315. The lowest BCUT2D eigenvalue weighted by Gasteiger charge is -2.11. The van der Waals surface area contributed by atoms with E-state index in [2.05, 4.69) is 26.6 Å². The van der Waals surface area contributed by atoms with Gasteiger partial charge in [-0.2, -0.15) is 0 Å². The van der Waals surface area contributed by atoms with E-state index in [-0.39, 0.29) is 18.1 Å². The number of carbonyl (C=O) groups is 1. The number of nitrogens with one attached hydrogen (secondary N) is 2. The number of anilines is 1. The van der Waals surface area contributed by atoms with Crippen molar-refractivity contribution in [2.75, 3.05) is 26.1 Å². The number of carbonyl (C=O) groups excluding carboxylic acids is 1. The van der Waals surface area contributed by atoms with Gasteiger partial charge in [0, 0.05) is 11.0 Å². The quantitative estimate of drug-likeness (QED) is 0.753. The van der Waals surface area contributed by atoms with Crippen molar-refractivity contribution < 1.29 is 18.7 Å². The van der Waals surface area contributed by atoms with Gasteiger partial charge in [-0.15, -0.1) is 0 Å². The molecule has 5 nitrogen and oxygen atoms in total. The van der Waals surface area contributed by atoms with E-state index in [0.29, 0.717) is 22.5 Å². The lowest BCUT2D eigenvalue weighted by molar-refractivity contribution is -0.119. The Bertz CT molecular complexity index is 725. The minimum absolute atomic E-state index is 0.0220. The van der Waals surface area contributed by atoms with Gasteiger partial charge in [0.25, 0.3) is 0 Å². The van der Waals surface area contributed by atoms with E-state index in [1.807, 2.05) is 6.07 Å². The zero-order valence-electron chi connectivity index (χ0n) is 13.4. The largest absolute Gasteiger partial charge is 0.493 e. The Labute approximate surface area is 148 Å². The molecule has 0 atom stereocenters. The summed E-state index contributed by atoms with van der Waals surface area (Å²) in [4.78, 5) is 11.9. The van der Waals surface area contributed by atoms with Crippen LogP contribution in [-0.2, 0) is 11.3 Å². The Morgan fingerprint density at radius 3 is 2.54 bits per heavy atom. The maximum Gasteiger partial charge on any atom is 0.239 e. The van der Waals surface area contributed by atoms with Gasteiger partial charge in [0.05, 0.1) is 26.5 Å². The number of hydrogen-bond donors (Lipinski definition) is 2. The number of hydrogen-bond acceptors (Lipinski definition) is 4. The molecule has 0 saturated heterocycles. The number of methoxy groups -OCH3 is 2. The molecule has 2 N–H and O–H groups in total. The fourth-order valence-corrected chi connectivity index (χ4v) is 2.40. The first-order valence-corrected chi connectivity index (χ1v) is 7.99. The number of amides is 1. The normalized spacial score (nSPS) is 10.2. The smallest absolute Gasteiger partial charge is 0.239 e. The lowest BCUT2D eigenvalue weighted by Crippen LogP contribution is -2.29. The molecule has 1 amide bonds. The zero-order valence-corrected chi connectivity index (χ0v) is 14.9. The highest BCUT2D eigenvalue weighted by Crippen LogP contribution is 2.27. The topological polar surface area (TPSA) is 59.6 Å². The molecular weight excluding hydrogens is 379 g/mol. The maximum atomic E-state index is 13.7. The summed E-state index contributed by atoms with van der Waals surface area (Å²) in [7, 11) is 3.11. The molecule has 0 saturated carbocycles. The molecule has 24 heavy (non-hydrogen) atoms. The van der Waals surface area contributed by atoms with Gasteiger partial charge >= 0.3 is 0 Å². The van der Waals surface area contributed by atoms with Crippen LogP contribution >= 0.6 is 15.9 Å². The van der Waals surface area contributed by atoms with Gasteiger partial charge < -0.3 is 20.1 Å². The molecule has 0 spiro atoms. The monoisotopic (exact) mass is 396 g/mol. The first-order valence-electron chi connectivity index (χ1n) is 7.20. The summed E-state index contributed by atoms with van der Waals surface area (Å²) in [5.74, 6) is 0.559. The van der Waals surface area contributed by atoms with E-state index < -0.39 is 5.82 Å². The first-order chi connectivity index (χ1) is 11.5. The summed E-state index contributed by atoms with van der Waals surface area (Å²) in [6, 6.07) is 10.0. The summed E-state index contributed by atoms with van der Waals surface area (Å²) >= 11 is 3.18. The Morgan fingerprint density at radius 2 is 1.88 bits per heavy atom. The van der Waals surface area contributed by atoms with Gasteiger partial charge in [0.15, 0.2) is 11.5 Å². The Morgan fingerprint density at radius 1 is 1.12 bits per heavy atom. The van der Waals surface area contributed by atoms with Gasteiger partial charge in [-0.25, -0.2) is 4.39 Å². The average Bonchev–Trinajstić information content (AvgIpc) is 2.58. The van der Waals surface area contributed by atoms with E-state index in [0.717, 1.165) is 5.56 Å². The molecule has 0 aliphatic carbocycles. The maximum absolute atomic E-state index is 13.7. The highest BCUT2D eigenvalue weighted by atomic mass is 79.9. The van der Waals surface area contributed by atoms with Crippen molar-refractivity contribution in [1.29, 1.82) is 0 Å². The minimum Gasteiger partial charge on any atom is -0.493 e. The van der Waals surface area contributed by atoms with E-state index in [4.69, 9.17) is 9.47 Å². The number of benzene rings is 2. The van der Waals surface area contributed by atoms with Gasteiger partial charge in [0.1, 0.15) is 5.82 Å². The van der Waals surface area contributed by atoms with E-state index in [1.165, 1.54) is 6.07 Å². The van der Waals surface area contributed by atoms with Crippen LogP contribution in [0, 0.1) is 5.82 Å². The predicted molar refractivity (Wildman–Crippen MR) is 94.0 cm³/mol. The summed E-state index contributed by atoms with van der Waals surface area (Å²) in [6.07, 6.45) is 0. The summed E-state index contributed by atoms with van der Waals surface area (Å²) in [5, 5.41) is 5.52. The van der Waals surface area contributed by atoms with Gasteiger partial charge in [0.2, 0.25) is 5.91 Å². The number of rotatable bonds is 7. The molecule has 2 rings (SSSR count). The Balaban J connectivity index is 1.87. The van der Waals surface area contributed by atoms with Crippen LogP contribution in [0.1, 0.15) is 5.56 Å². The van der Waals surface area contributed by atoms with E-state index in [9.17, 15) is 9.18 Å². The van der Waals surface area contributed by atoms with Crippen LogP contribution in [0.15, 0.2) is 40.9 Å². The molecule has 2 aromatic rings. The van der Waals surface area contributed by atoms with Crippen LogP contribution in [-0.4, -0.2) is 26.7 Å². The second-order valence-electron chi connectivity index (χ2n) is 4.94. The molecule has 7 heteroatoms. The molecule has 2 aromatic carbocycles. The van der Waals surface area contributed by atoms with Crippen LogP contribution in [0.25, 0.3) is 0 Å². The number of halogens is 2. The van der Waals surface area contributed by atoms with Gasteiger partial charge in [-0.3, -0.25) is 4.79 Å². The molecule has 0 fully saturated rings. The molecule has 0 aliphatic heterocycles. The van der Waals surface area contributed by atoms with Crippen molar-refractivity contribution in [3.05, 3.63) is 52.3 Å². The molecule has 0 aromatic heterocycles. The van der Waals surface area contributed by atoms with Crippen LogP contribution in [0.4, 0.5) is 10.1 Å². The number of ether oxygens (including phenoxy) is 2. The SMILES string of the molecule is COc1ccc(CNC(=O)CNc2ccc(Br)cc2F)cc1OC. The van der Waals surface area contributed by atoms with Crippen molar-refractivity contribution in [3.63, 3.8) is 0 Å². The van der Waals surface area contributed by atoms with Crippen LogP contribution in [0.2, 0.25) is 0 Å². The van der Waals surface area contributed by atoms with Crippen LogP contribution < -0.4 is 20.1 Å². The van der Waals surface area contributed by atoms with Crippen molar-refractivity contribution in [3.8, 4) is 11.5 Å². The first kappa shape index (κ1) is 18.1. The highest BCUT2D eigenvalue weighted by molar-refractivity contribution is 9.10. The highest BCUT2D eigenvalue weighted by Gasteiger charge is 2.07. The third kappa shape index (κ3) is 4.86. The Kier molecular flexibility index (Phi) is 6.43. The fourth-order valence-electron chi connectivity index (χ4n) is 2.06. The zero-order chi connectivity index (χ0) is 17.5. The van der Waals surface area contributed by atoms with Crippen LogP contribution in [0.3, 0.4) is 0 Å². The van der Waals surface area contributed by atoms with Crippen molar-refractivity contribution in [2.24, 2.45) is 0 Å². The standard InChI is InChI=1S/C17H18BrFN2O3/c1-23-15-6-3-11(7-16(15)24-2)9-21-17(22)10-20-14-5-4-12(18)8-13(14)19/h3-8,20H,9-10H2,1-2H3,(H,21,22). The predicted octanol–water partition coefficient (Wildman–Crippen LogP) is 3.33. The molecule has 0 heterocycles. The third-order valence-corrected chi connectivity index (χ3v) is 3.80. The average molecular weight is 397 g/mol. The van der Waals surface area contributed by atoms with Crippen LogP contribution in [0.5, 0.6) is 11.5 Å². The molecular formula is C17H18BrFN2O3. The van der Waals surface area contributed by atoms with Crippen molar-refractivity contribution in [1.82, 2.24) is 5.32 Å². The van der Waals surface area contributed by atoms with Gasteiger partial charge in [-0.1, -0.05) is 22.0 Å². The minimum atomic E-state index is -0.419.